The van der Waals surface area contributed by atoms with Crippen molar-refractivity contribution in [3.8, 4) is 23.0 Å². The van der Waals surface area contributed by atoms with Gasteiger partial charge in [-0.1, -0.05) is 38.1 Å². The van der Waals surface area contributed by atoms with Crippen LogP contribution in [0, 0.1) is 0 Å². The van der Waals surface area contributed by atoms with E-state index in [1.54, 1.807) is 28.4 Å². The van der Waals surface area contributed by atoms with Gasteiger partial charge in [-0.25, -0.2) is 0 Å². The highest BCUT2D eigenvalue weighted by Gasteiger charge is 2.17. The summed E-state index contributed by atoms with van der Waals surface area (Å²) in [4.78, 5) is 0. The fourth-order valence-electron chi connectivity index (χ4n) is 3.49. The molecule has 0 aromatic heterocycles. The van der Waals surface area contributed by atoms with Gasteiger partial charge in [-0.15, -0.1) is 8.58 Å². The van der Waals surface area contributed by atoms with Gasteiger partial charge in [-0.2, -0.15) is 0 Å². The third kappa shape index (κ3) is 5.52. The third-order valence-corrected chi connectivity index (χ3v) is 6.14. The molecule has 0 fully saturated rings. The summed E-state index contributed by atoms with van der Waals surface area (Å²) >= 11 is 0. The molecule has 2 rings (SSSR count). The van der Waals surface area contributed by atoms with Crippen molar-refractivity contribution in [2.24, 2.45) is 0 Å². The van der Waals surface area contributed by atoms with E-state index in [0.29, 0.717) is 11.3 Å². The largest absolute Gasteiger partial charge is 0.493 e. The topological polar surface area (TPSA) is 36.9 Å². The second kappa shape index (κ2) is 10.4. The van der Waals surface area contributed by atoms with Crippen molar-refractivity contribution in [2.45, 2.75) is 38.0 Å². The molecule has 0 heterocycles. The number of rotatable bonds is 10. The zero-order chi connectivity index (χ0) is 19.8. The quantitative estimate of drug-likeness (QED) is 0.537. The molecule has 0 N–H and O–H groups in total. The molecule has 0 spiro atoms. The summed E-state index contributed by atoms with van der Waals surface area (Å²) in [6.45, 7) is 4.60. The number of hydrogen-bond acceptors (Lipinski definition) is 4. The Morgan fingerprint density at radius 3 is 1.41 bits per heavy atom. The van der Waals surface area contributed by atoms with E-state index in [2.05, 4.69) is 26.0 Å². The lowest BCUT2D eigenvalue weighted by atomic mass is 10.1. The Kier molecular flexibility index (Phi) is 8.24. The molecule has 2 unspecified atom stereocenters. The van der Waals surface area contributed by atoms with Crippen molar-refractivity contribution in [3.05, 3.63) is 47.5 Å². The van der Waals surface area contributed by atoms with E-state index in [0.717, 1.165) is 44.4 Å². The lowest BCUT2D eigenvalue weighted by Crippen LogP contribution is -2.10. The summed E-state index contributed by atoms with van der Waals surface area (Å²) in [5.41, 5.74) is 3.50. The average molecular weight is 390 g/mol. The third-order valence-electron chi connectivity index (χ3n) is 4.59. The molecule has 0 bridgehead atoms. The molecule has 0 aliphatic rings. The molecule has 0 saturated heterocycles. The number of ether oxygens (including phenoxy) is 4. The van der Waals surface area contributed by atoms with Crippen LogP contribution < -0.4 is 18.9 Å². The van der Waals surface area contributed by atoms with Gasteiger partial charge in [0, 0.05) is 0 Å². The maximum absolute atomic E-state index is 5.57. The van der Waals surface area contributed by atoms with Gasteiger partial charge in [-0.05, 0) is 47.4 Å². The minimum Gasteiger partial charge on any atom is -0.493 e. The van der Waals surface area contributed by atoms with Crippen LogP contribution in [0.3, 0.4) is 0 Å². The second-order valence-corrected chi connectivity index (χ2v) is 8.99. The summed E-state index contributed by atoms with van der Waals surface area (Å²) in [5.74, 6) is 3.27. The fraction of sp³-hybridized carbons (Fsp3) is 0.455. The fourth-order valence-corrected chi connectivity index (χ4v) is 5.14. The first-order valence-corrected chi connectivity index (χ1v) is 10.3. The van der Waals surface area contributed by atoms with Gasteiger partial charge in [0.2, 0.25) is 0 Å². The number of methoxy groups -OCH3 is 4. The summed E-state index contributed by atoms with van der Waals surface area (Å²) in [6.07, 6.45) is 1.94. The molecule has 2 aromatic rings. The van der Waals surface area contributed by atoms with Gasteiger partial charge < -0.3 is 18.9 Å². The van der Waals surface area contributed by atoms with Gasteiger partial charge >= 0.3 is 0 Å². The van der Waals surface area contributed by atoms with Crippen LogP contribution in [0.1, 0.15) is 25.0 Å². The Balaban J connectivity index is 2.04. The van der Waals surface area contributed by atoms with Crippen LogP contribution in [0.4, 0.5) is 0 Å². The van der Waals surface area contributed by atoms with Crippen molar-refractivity contribution < 1.29 is 18.9 Å². The Morgan fingerprint density at radius 2 is 1.07 bits per heavy atom. The molecule has 0 aliphatic carbocycles. The molecular weight excluding hydrogens is 359 g/mol. The molecule has 27 heavy (non-hydrogen) atoms. The minimum atomic E-state index is 0.553. The molecule has 2 atom stereocenters. The van der Waals surface area contributed by atoms with Gasteiger partial charge in [0.15, 0.2) is 23.0 Å². The van der Waals surface area contributed by atoms with Gasteiger partial charge in [0.05, 0.1) is 28.4 Å². The molecule has 4 nitrogen and oxygen atoms in total. The SMILES string of the molecule is COc1cccc(CC(C)PC(C)Cc2cccc(OC)c2OC)c1OC. The predicted octanol–water partition coefficient (Wildman–Crippen LogP) is 4.96. The Bertz CT molecular complexity index is 671. The van der Waals surface area contributed by atoms with E-state index in [9.17, 15) is 0 Å². The number of benzene rings is 2. The van der Waals surface area contributed by atoms with Crippen molar-refractivity contribution in [2.75, 3.05) is 28.4 Å². The molecule has 0 radical (unpaired) electrons. The second-order valence-electron chi connectivity index (χ2n) is 6.68. The molecule has 2 aromatic carbocycles. The van der Waals surface area contributed by atoms with Crippen molar-refractivity contribution >= 4 is 8.58 Å². The van der Waals surface area contributed by atoms with Crippen molar-refractivity contribution in [3.63, 3.8) is 0 Å². The zero-order valence-corrected chi connectivity index (χ0v) is 18.2. The highest BCUT2D eigenvalue weighted by Crippen LogP contribution is 2.38. The standard InChI is InChI=1S/C22H31O4P/c1-15(13-17-9-7-11-19(23-3)21(17)25-5)27-16(2)14-18-10-8-12-20(24-4)22(18)26-6/h7-12,15-16,27H,13-14H2,1-6H3. The monoisotopic (exact) mass is 390 g/mol. The zero-order valence-electron chi connectivity index (χ0n) is 17.2. The lowest BCUT2D eigenvalue weighted by molar-refractivity contribution is 0.351. The summed E-state index contributed by atoms with van der Waals surface area (Å²) in [5, 5.41) is 0. The first-order chi connectivity index (χ1) is 13.0. The van der Waals surface area contributed by atoms with Crippen molar-refractivity contribution in [1.82, 2.24) is 0 Å². The first kappa shape index (κ1) is 21.4. The van der Waals surface area contributed by atoms with Gasteiger partial charge in [-0.3, -0.25) is 0 Å². The maximum atomic E-state index is 5.57. The van der Waals surface area contributed by atoms with Crippen LogP contribution in [0.25, 0.3) is 0 Å². The summed E-state index contributed by atoms with van der Waals surface area (Å²) in [6, 6.07) is 12.2. The number of para-hydroxylation sites is 2. The lowest BCUT2D eigenvalue weighted by Gasteiger charge is -2.21. The smallest absolute Gasteiger partial charge is 0.163 e. The Hall–Kier alpha value is -1.93. The van der Waals surface area contributed by atoms with E-state index in [1.165, 1.54) is 11.1 Å². The van der Waals surface area contributed by atoms with Crippen LogP contribution >= 0.6 is 8.58 Å². The Morgan fingerprint density at radius 1 is 0.667 bits per heavy atom. The molecule has 0 amide bonds. The van der Waals surface area contributed by atoms with Crippen LogP contribution in [0.5, 0.6) is 23.0 Å². The van der Waals surface area contributed by atoms with Gasteiger partial charge in [0.1, 0.15) is 0 Å². The minimum absolute atomic E-state index is 0.553. The predicted molar refractivity (Wildman–Crippen MR) is 114 cm³/mol. The van der Waals surface area contributed by atoms with E-state index in [4.69, 9.17) is 18.9 Å². The molecule has 5 heteroatoms. The van der Waals surface area contributed by atoms with Crippen molar-refractivity contribution in [1.29, 1.82) is 0 Å². The highest BCUT2D eigenvalue weighted by atomic mass is 31.1. The first-order valence-electron chi connectivity index (χ1n) is 9.19. The summed E-state index contributed by atoms with van der Waals surface area (Å²) < 4.78 is 22.0. The van der Waals surface area contributed by atoms with Crippen LogP contribution in [0.2, 0.25) is 0 Å². The highest BCUT2D eigenvalue weighted by molar-refractivity contribution is 7.39. The molecule has 148 valence electrons. The van der Waals surface area contributed by atoms with E-state index in [-0.39, 0.29) is 0 Å². The van der Waals surface area contributed by atoms with Crippen LogP contribution in [-0.4, -0.2) is 39.8 Å². The van der Waals surface area contributed by atoms with Crippen LogP contribution in [-0.2, 0) is 12.8 Å². The molecule has 0 saturated carbocycles. The van der Waals surface area contributed by atoms with Gasteiger partial charge in [0.25, 0.3) is 0 Å². The normalized spacial score (nSPS) is 13.4. The average Bonchev–Trinajstić information content (AvgIpc) is 2.67. The Labute approximate surface area is 165 Å². The maximum Gasteiger partial charge on any atom is 0.163 e. The van der Waals surface area contributed by atoms with E-state index < -0.39 is 0 Å². The van der Waals surface area contributed by atoms with E-state index in [1.807, 2.05) is 24.3 Å². The summed E-state index contributed by atoms with van der Waals surface area (Å²) in [7, 11) is 7.58. The van der Waals surface area contributed by atoms with Crippen LogP contribution in [0.15, 0.2) is 36.4 Å². The van der Waals surface area contributed by atoms with E-state index >= 15 is 0 Å². The number of hydrogen-bond donors (Lipinski definition) is 0. The molecule has 0 aliphatic heterocycles. The molecular formula is C22H31O4P.